The van der Waals surface area contributed by atoms with Crippen LogP contribution in [-0.2, 0) is 23.6 Å². The van der Waals surface area contributed by atoms with Crippen LogP contribution in [0.5, 0.6) is 0 Å². The van der Waals surface area contributed by atoms with Crippen LogP contribution < -0.4 is 5.32 Å². The predicted octanol–water partition coefficient (Wildman–Crippen LogP) is 1.81. The van der Waals surface area contributed by atoms with Crippen LogP contribution in [0.1, 0.15) is 24.6 Å². The van der Waals surface area contributed by atoms with Crippen LogP contribution in [0.15, 0.2) is 30.6 Å². The molecule has 8 heteroatoms. The molecule has 2 atom stereocenters. The van der Waals surface area contributed by atoms with Crippen molar-refractivity contribution >= 4 is 23.0 Å². The second-order valence-electron chi connectivity index (χ2n) is 6.25. The lowest BCUT2D eigenvalue weighted by atomic mass is 9.91. The van der Waals surface area contributed by atoms with E-state index in [1.54, 1.807) is 21.6 Å². The molecule has 4 heterocycles. The molecule has 1 aliphatic rings. The second kappa shape index (κ2) is 6.29. The van der Waals surface area contributed by atoms with E-state index in [2.05, 4.69) is 20.4 Å². The molecule has 0 unspecified atom stereocenters. The summed E-state index contributed by atoms with van der Waals surface area (Å²) < 4.78 is 9.45. The number of imidazole rings is 1. The Morgan fingerprint density at radius 2 is 2.20 bits per heavy atom. The van der Waals surface area contributed by atoms with E-state index >= 15 is 0 Å². The highest BCUT2D eigenvalue weighted by Crippen LogP contribution is 2.34. The van der Waals surface area contributed by atoms with Gasteiger partial charge in [0.05, 0.1) is 11.6 Å². The minimum absolute atomic E-state index is 0.0932. The number of nitrogens with one attached hydrogen (secondary N) is 1. The van der Waals surface area contributed by atoms with Gasteiger partial charge < -0.3 is 4.74 Å². The number of carbonyl (C=O) groups excluding carboxylic acids is 1. The number of rotatable bonds is 3. The van der Waals surface area contributed by atoms with E-state index in [-0.39, 0.29) is 17.9 Å². The standard InChI is InChI=1S/C17H20N6O2/c1-22-15-12(6-3-8-18-15)20-17(22)21-16(24)11-5-4-10-25-14(11)13-7-9-19-23(13)2/h3,6-9,11,14H,4-5,10H2,1-2H3,(H,20,21,24)/t11-,14-/m1/s1. The first kappa shape index (κ1) is 15.8. The van der Waals surface area contributed by atoms with Gasteiger partial charge in [-0.3, -0.25) is 19.4 Å². The van der Waals surface area contributed by atoms with Crippen LogP contribution in [0, 0.1) is 5.92 Å². The van der Waals surface area contributed by atoms with Gasteiger partial charge in [0.2, 0.25) is 11.9 Å². The van der Waals surface area contributed by atoms with Crippen molar-refractivity contribution in [2.45, 2.75) is 18.9 Å². The average Bonchev–Trinajstić information content (AvgIpc) is 3.19. The van der Waals surface area contributed by atoms with Crippen LogP contribution in [0.25, 0.3) is 11.2 Å². The average molecular weight is 340 g/mol. The summed E-state index contributed by atoms with van der Waals surface area (Å²) in [5.41, 5.74) is 2.40. The Morgan fingerprint density at radius 3 is 2.96 bits per heavy atom. The second-order valence-corrected chi connectivity index (χ2v) is 6.25. The number of anilines is 1. The topological polar surface area (TPSA) is 86.9 Å². The molecule has 1 aliphatic heterocycles. The maximum atomic E-state index is 12.9. The van der Waals surface area contributed by atoms with Gasteiger partial charge in [-0.2, -0.15) is 5.10 Å². The number of aromatic nitrogens is 5. The van der Waals surface area contributed by atoms with Crippen molar-refractivity contribution in [2.75, 3.05) is 11.9 Å². The molecule has 0 radical (unpaired) electrons. The molecule has 3 aromatic rings. The predicted molar refractivity (Wildman–Crippen MR) is 91.8 cm³/mol. The van der Waals surface area contributed by atoms with Crippen molar-refractivity contribution in [1.29, 1.82) is 0 Å². The van der Waals surface area contributed by atoms with Gasteiger partial charge in [-0.05, 0) is 31.0 Å². The molecule has 8 nitrogen and oxygen atoms in total. The Kier molecular flexibility index (Phi) is 3.96. The Bertz CT molecular complexity index is 915. The summed E-state index contributed by atoms with van der Waals surface area (Å²) in [7, 11) is 3.70. The fourth-order valence-corrected chi connectivity index (χ4v) is 3.34. The summed E-state index contributed by atoms with van der Waals surface area (Å²) in [6, 6.07) is 5.60. The number of aryl methyl sites for hydroxylation is 2. The lowest BCUT2D eigenvalue weighted by Crippen LogP contribution is -2.34. The zero-order valence-corrected chi connectivity index (χ0v) is 14.2. The van der Waals surface area contributed by atoms with Crippen molar-refractivity contribution in [3.05, 3.63) is 36.3 Å². The molecule has 1 fully saturated rings. The summed E-state index contributed by atoms with van der Waals surface area (Å²) in [4.78, 5) is 21.7. The largest absolute Gasteiger partial charge is 0.371 e. The van der Waals surface area contributed by atoms with Crippen molar-refractivity contribution in [2.24, 2.45) is 20.0 Å². The van der Waals surface area contributed by atoms with Crippen LogP contribution in [0.2, 0.25) is 0 Å². The number of hydrogen-bond acceptors (Lipinski definition) is 5. The Balaban J connectivity index is 1.60. The van der Waals surface area contributed by atoms with Gasteiger partial charge in [-0.1, -0.05) is 0 Å². The van der Waals surface area contributed by atoms with Gasteiger partial charge in [0, 0.05) is 33.1 Å². The normalized spacial score (nSPS) is 20.7. The maximum absolute atomic E-state index is 12.9. The third kappa shape index (κ3) is 2.78. The first-order chi connectivity index (χ1) is 12.1. The van der Waals surface area contributed by atoms with E-state index < -0.39 is 0 Å². The minimum Gasteiger partial charge on any atom is -0.371 e. The zero-order chi connectivity index (χ0) is 17.4. The van der Waals surface area contributed by atoms with E-state index in [4.69, 9.17) is 4.74 Å². The molecule has 25 heavy (non-hydrogen) atoms. The van der Waals surface area contributed by atoms with Crippen LogP contribution in [0.4, 0.5) is 5.95 Å². The van der Waals surface area contributed by atoms with Gasteiger partial charge in [0.25, 0.3) is 0 Å². The SMILES string of the molecule is Cn1nccc1[C@@H]1OCCC[C@H]1C(=O)Nc1nc2cccnc2n1C. The van der Waals surface area contributed by atoms with Gasteiger partial charge >= 0.3 is 0 Å². The molecule has 1 saturated heterocycles. The van der Waals surface area contributed by atoms with Crippen molar-refractivity contribution in [3.63, 3.8) is 0 Å². The highest BCUT2D eigenvalue weighted by molar-refractivity contribution is 5.93. The monoisotopic (exact) mass is 340 g/mol. The number of nitrogens with zero attached hydrogens (tertiary/aromatic N) is 5. The van der Waals surface area contributed by atoms with Crippen LogP contribution in [-0.4, -0.2) is 36.8 Å². The van der Waals surface area contributed by atoms with Gasteiger partial charge in [-0.25, -0.2) is 9.97 Å². The fourth-order valence-electron chi connectivity index (χ4n) is 3.34. The maximum Gasteiger partial charge on any atom is 0.232 e. The molecule has 0 aromatic carbocycles. The summed E-state index contributed by atoms with van der Waals surface area (Å²) in [6.07, 6.45) is 4.76. The van der Waals surface area contributed by atoms with E-state index in [9.17, 15) is 4.79 Å². The summed E-state index contributed by atoms with van der Waals surface area (Å²) in [5.74, 6) is 0.120. The summed E-state index contributed by atoms with van der Waals surface area (Å²) >= 11 is 0. The van der Waals surface area contributed by atoms with E-state index in [0.29, 0.717) is 12.6 Å². The molecule has 0 aliphatic carbocycles. The Morgan fingerprint density at radius 1 is 1.32 bits per heavy atom. The van der Waals surface area contributed by atoms with Gasteiger partial charge in [0.1, 0.15) is 11.6 Å². The smallest absolute Gasteiger partial charge is 0.232 e. The quantitative estimate of drug-likeness (QED) is 0.786. The van der Waals surface area contributed by atoms with E-state index in [1.807, 2.05) is 32.3 Å². The van der Waals surface area contributed by atoms with Crippen molar-refractivity contribution in [1.82, 2.24) is 24.3 Å². The molecule has 4 rings (SSSR count). The lowest BCUT2D eigenvalue weighted by Gasteiger charge is -2.30. The molecule has 1 amide bonds. The number of pyridine rings is 1. The molecule has 0 bridgehead atoms. The first-order valence-corrected chi connectivity index (χ1v) is 8.33. The number of fused-ring (bicyclic) bond motifs is 1. The van der Waals surface area contributed by atoms with Crippen molar-refractivity contribution in [3.8, 4) is 0 Å². The first-order valence-electron chi connectivity index (χ1n) is 8.33. The Hall–Kier alpha value is -2.74. The van der Waals surface area contributed by atoms with Crippen molar-refractivity contribution < 1.29 is 9.53 Å². The third-order valence-corrected chi connectivity index (χ3v) is 4.67. The summed E-state index contributed by atoms with van der Waals surface area (Å²) in [5, 5.41) is 7.14. The molecule has 3 aromatic heterocycles. The molecular weight excluding hydrogens is 320 g/mol. The molecular formula is C17H20N6O2. The molecule has 1 N–H and O–H groups in total. The molecule has 130 valence electrons. The highest BCUT2D eigenvalue weighted by Gasteiger charge is 2.35. The lowest BCUT2D eigenvalue weighted by molar-refractivity contribution is -0.129. The zero-order valence-electron chi connectivity index (χ0n) is 14.2. The fraction of sp³-hybridized carbons (Fsp3) is 0.412. The van der Waals surface area contributed by atoms with Gasteiger partial charge in [0.15, 0.2) is 5.65 Å². The number of amides is 1. The van der Waals surface area contributed by atoms with Gasteiger partial charge in [-0.15, -0.1) is 0 Å². The number of hydrogen-bond donors (Lipinski definition) is 1. The third-order valence-electron chi connectivity index (χ3n) is 4.67. The summed E-state index contributed by atoms with van der Waals surface area (Å²) in [6.45, 7) is 0.649. The van der Waals surface area contributed by atoms with E-state index in [1.165, 1.54) is 0 Å². The number of carbonyl (C=O) groups is 1. The van der Waals surface area contributed by atoms with Crippen LogP contribution in [0.3, 0.4) is 0 Å². The molecule has 0 spiro atoms. The van der Waals surface area contributed by atoms with E-state index in [0.717, 1.165) is 29.7 Å². The number of ether oxygens (including phenoxy) is 1. The highest BCUT2D eigenvalue weighted by atomic mass is 16.5. The minimum atomic E-state index is -0.297. The van der Waals surface area contributed by atoms with Crippen LogP contribution >= 0.6 is 0 Å². The Labute approximate surface area is 144 Å². The molecule has 0 saturated carbocycles.